The maximum absolute atomic E-state index is 11.3. The van der Waals surface area contributed by atoms with Gasteiger partial charge in [-0.2, -0.15) is 0 Å². The van der Waals surface area contributed by atoms with Gasteiger partial charge in [0.1, 0.15) is 5.76 Å². The predicted octanol–water partition coefficient (Wildman–Crippen LogP) is 4.48. The van der Waals surface area contributed by atoms with Crippen LogP contribution in [-0.2, 0) is 4.79 Å². The number of aliphatic hydroxyl groups is 1. The van der Waals surface area contributed by atoms with Crippen molar-refractivity contribution in [3.05, 3.63) is 66.2 Å². The smallest absolute Gasteiger partial charge is 0.156 e. The molecule has 1 N–H and O–H groups in total. The Labute approximate surface area is 117 Å². The van der Waals surface area contributed by atoms with Gasteiger partial charge in [0.2, 0.25) is 0 Å². The lowest BCUT2D eigenvalue weighted by Crippen LogP contribution is -1.92. The van der Waals surface area contributed by atoms with Crippen LogP contribution in [0.1, 0.15) is 12.5 Å². The van der Waals surface area contributed by atoms with Crippen molar-refractivity contribution in [2.45, 2.75) is 6.92 Å². The summed E-state index contributed by atoms with van der Waals surface area (Å²) in [4.78, 5) is 11.3. The fraction of sp³-hybridized carbons (Fsp3) is 0.0556. The van der Waals surface area contributed by atoms with Crippen LogP contribution in [0, 0.1) is 0 Å². The first-order valence-electron chi connectivity index (χ1n) is 6.49. The van der Waals surface area contributed by atoms with Gasteiger partial charge in [-0.05, 0) is 34.5 Å². The minimum Gasteiger partial charge on any atom is -0.507 e. The van der Waals surface area contributed by atoms with Crippen molar-refractivity contribution in [3.63, 3.8) is 0 Å². The van der Waals surface area contributed by atoms with Crippen molar-refractivity contribution in [3.8, 4) is 0 Å². The molecule has 0 aliphatic rings. The number of ketones is 1. The van der Waals surface area contributed by atoms with Gasteiger partial charge in [-0.1, -0.05) is 48.5 Å². The molecule has 0 aromatic heterocycles. The molecule has 2 nitrogen and oxygen atoms in total. The summed E-state index contributed by atoms with van der Waals surface area (Å²) in [6, 6.07) is 17.8. The monoisotopic (exact) mass is 262 g/mol. The van der Waals surface area contributed by atoms with Crippen molar-refractivity contribution in [2.24, 2.45) is 0 Å². The zero-order chi connectivity index (χ0) is 14.1. The van der Waals surface area contributed by atoms with Gasteiger partial charge in [0.25, 0.3) is 0 Å². The molecular weight excluding hydrogens is 248 g/mol. The molecule has 0 fully saturated rings. The van der Waals surface area contributed by atoms with E-state index in [0.29, 0.717) is 5.56 Å². The van der Waals surface area contributed by atoms with Crippen molar-refractivity contribution < 1.29 is 9.90 Å². The first kappa shape index (κ1) is 12.4. The number of carbonyl (C=O) groups is 1. The Bertz CT molecular complexity index is 790. The van der Waals surface area contributed by atoms with E-state index in [2.05, 4.69) is 6.07 Å². The molecule has 20 heavy (non-hydrogen) atoms. The van der Waals surface area contributed by atoms with Crippen LogP contribution in [-0.4, -0.2) is 10.9 Å². The van der Waals surface area contributed by atoms with E-state index in [1.165, 1.54) is 13.0 Å². The Balaban J connectivity index is 2.48. The number of hydrogen-bond donors (Lipinski definition) is 1. The van der Waals surface area contributed by atoms with E-state index in [0.717, 1.165) is 21.5 Å². The molecule has 3 aromatic rings. The van der Waals surface area contributed by atoms with E-state index in [4.69, 9.17) is 0 Å². The summed E-state index contributed by atoms with van der Waals surface area (Å²) in [5.74, 6) is -0.148. The van der Waals surface area contributed by atoms with Crippen LogP contribution in [0.25, 0.3) is 27.3 Å². The van der Waals surface area contributed by atoms with E-state index >= 15 is 0 Å². The van der Waals surface area contributed by atoms with Gasteiger partial charge in [-0.3, -0.25) is 4.79 Å². The maximum atomic E-state index is 11.3. The topological polar surface area (TPSA) is 37.3 Å². The van der Waals surface area contributed by atoms with Gasteiger partial charge >= 0.3 is 0 Å². The first-order valence-corrected chi connectivity index (χ1v) is 6.49. The molecule has 3 rings (SSSR count). The van der Waals surface area contributed by atoms with Gasteiger partial charge in [-0.25, -0.2) is 0 Å². The predicted molar refractivity (Wildman–Crippen MR) is 82.7 cm³/mol. The zero-order valence-corrected chi connectivity index (χ0v) is 11.1. The number of carbonyl (C=O) groups excluding carboxylic acids is 1. The lowest BCUT2D eigenvalue weighted by Gasteiger charge is -2.10. The SMILES string of the molecule is CC(=O)C=C(O)c1c2ccccc2cc2ccccc12. The van der Waals surface area contributed by atoms with Crippen molar-refractivity contribution in [1.29, 1.82) is 0 Å². The minimum atomic E-state index is -0.167. The van der Waals surface area contributed by atoms with Crippen LogP contribution in [0.5, 0.6) is 0 Å². The second-order valence-corrected chi connectivity index (χ2v) is 4.83. The summed E-state index contributed by atoms with van der Waals surface area (Å²) in [5.41, 5.74) is 0.717. The van der Waals surface area contributed by atoms with Gasteiger partial charge in [0.05, 0.1) is 0 Å². The molecule has 0 unspecified atom stereocenters. The normalized spacial score (nSPS) is 11.9. The summed E-state index contributed by atoms with van der Waals surface area (Å²) in [6.07, 6.45) is 1.27. The summed E-state index contributed by atoms with van der Waals surface area (Å²) in [7, 11) is 0. The van der Waals surface area contributed by atoms with Crippen molar-refractivity contribution in [1.82, 2.24) is 0 Å². The number of allylic oxidation sites excluding steroid dienone is 1. The molecule has 2 heteroatoms. The molecule has 0 bridgehead atoms. The third-order valence-electron chi connectivity index (χ3n) is 3.37. The Morgan fingerprint density at radius 3 is 1.95 bits per heavy atom. The van der Waals surface area contributed by atoms with E-state index in [9.17, 15) is 9.90 Å². The maximum Gasteiger partial charge on any atom is 0.156 e. The molecule has 0 radical (unpaired) electrons. The highest BCUT2D eigenvalue weighted by Crippen LogP contribution is 2.32. The van der Waals surface area contributed by atoms with Crippen LogP contribution in [0.3, 0.4) is 0 Å². The number of fused-ring (bicyclic) bond motifs is 2. The Morgan fingerprint density at radius 2 is 1.45 bits per heavy atom. The van der Waals surface area contributed by atoms with Crippen LogP contribution >= 0.6 is 0 Å². The first-order chi connectivity index (χ1) is 9.66. The fourth-order valence-electron chi connectivity index (χ4n) is 2.55. The number of aliphatic hydroxyl groups excluding tert-OH is 1. The molecule has 0 saturated carbocycles. The Kier molecular flexibility index (Phi) is 2.99. The van der Waals surface area contributed by atoms with Crippen LogP contribution in [0.4, 0.5) is 0 Å². The zero-order valence-electron chi connectivity index (χ0n) is 11.1. The summed E-state index contributed by atoms with van der Waals surface area (Å²) < 4.78 is 0. The highest BCUT2D eigenvalue weighted by atomic mass is 16.3. The van der Waals surface area contributed by atoms with E-state index in [1.54, 1.807) is 0 Å². The average Bonchev–Trinajstić information content (AvgIpc) is 2.43. The van der Waals surface area contributed by atoms with Gasteiger partial charge in [-0.15, -0.1) is 0 Å². The summed E-state index contributed by atoms with van der Waals surface area (Å²) in [6.45, 7) is 1.43. The molecule has 3 aromatic carbocycles. The van der Waals surface area contributed by atoms with Gasteiger partial charge in [0.15, 0.2) is 5.78 Å². The van der Waals surface area contributed by atoms with Gasteiger partial charge in [0, 0.05) is 11.6 Å². The number of benzene rings is 3. The Morgan fingerprint density at radius 1 is 0.950 bits per heavy atom. The molecule has 0 atom stereocenters. The van der Waals surface area contributed by atoms with Crippen LogP contribution in [0.15, 0.2) is 60.7 Å². The highest BCUT2D eigenvalue weighted by molar-refractivity contribution is 6.10. The highest BCUT2D eigenvalue weighted by Gasteiger charge is 2.11. The van der Waals surface area contributed by atoms with E-state index in [-0.39, 0.29) is 11.5 Å². The second-order valence-electron chi connectivity index (χ2n) is 4.83. The molecule has 0 amide bonds. The summed E-state index contributed by atoms with van der Waals surface area (Å²) >= 11 is 0. The van der Waals surface area contributed by atoms with E-state index < -0.39 is 0 Å². The quantitative estimate of drug-likeness (QED) is 0.420. The lowest BCUT2D eigenvalue weighted by molar-refractivity contribution is -0.112. The molecule has 0 heterocycles. The largest absolute Gasteiger partial charge is 0.507 e. The second kappa shape index (κ2) is 4.82. The summed E-state index contributed by atoms with van der Waals surface area (Å²) in [5, 5.41) is 14.3. The third-order valence-corrected chi connectivity index (χ3v) is 3.37. The van der Waals surface area contributed by atoms with Gasteiger partial charge < -0.3 is 5.11 Å². The number of hydrogen-bond acceptors (Lipinski definition) is 2. The molecular formula is C18H14O2. The van der Waals surface area contributed by atoms with Crippen LogP contribution in [0.2, 0.25) is 0 Å². The van der Waals surface area contributed by atoms with Crippen molar-refractivity contribution in [2.75, 3.05) is 0 Å². The molecule has 0 saturated heterocycles. The third kappa shape index (κ3) is 2.05. The molecule has 0 aliphatic carbocycles. The molecule has 0 aliphatic heterocycles. The molecule has 0 spiro atoms. The average molecular weight is 262 g/mol. The standard InChI is InChI=1S/C18H14O2/c1-12(19)10-17(20)18-15-8-4-2-6-13(15)11-14-7-3-5-9-16(14)18/h2-11,20H,1H3. The van der Waals surface area contributed by atoms with Crippen LogP contribution < -0.4 is 0 Å². The van der Waals surface area contributed by atoms with Crippen molar-refractivity contribution >= 4 is 33.1 Å². The lowest BCUT2D eigenvalue weighted by atomic mass is 9.95. The van der Waals surface area contributed by atoms with E-state index in [1.807, 2.05) is 48.5 Å². The Hall–Kier alpha value is -2.61. The number of rotatable bonds is 2. The molecule has 98 valence electrons. The fourth-order valence-corrected chi connectivity index (χ4v) is 2.55. The minimum absolute atomic E-state index is 0.0190.